The number of carbonyl (C=O) groups is 1. The summed E-state index contributed by atoms with van der Waals surface area (Å²) in [5.74, 6) is 0.378. The fourth-order valence-electron chi connectivity index (χ4n) is 1.47. The summed E-state index contributed by atoms with van der Waals surface area (Å²) in [6, 6.07) is 0. The lowest BCUT2D eigenvalue weighted by Gasteiger charge is -2.16. The molecule has 0 spiro atoms. The molecule has 1 aliphatic carbocycles. The number of esters is 1. The van der Waals surface area contributed by atoms with Gasteiger partial charge in [0.2, 0.25) is 0 Å². The highest BCUT2D eigenvalue weighted by atomic mass is 16.5. The third kappa shape index (κ3) is 4.12. The predicted octanol–water partition coefficient (Wildman–Crippen LogP) is 1.62. The van der Waals surface area contributed by atoms with Crippen LogP contribution >= 0.6 is 0 Å². The molecule has 0 saturated carbocycles. The zero-order valence-electron chi connectivity index (χ0n) is 8.53. The molecular weight excluding hydrogens is 178 g/mol. The number of nitrogens with one attached hydrogen (secondary N) is 1. The first-order valence-electron chi connectivity index (χ1n) is 4.96. The highest BCUT2D eigenvalue weighted by Gasteiger charge is 2.07. The van der Waals surface area contributed by atoms with Crippen LogP contribution in [-0.2, 0) is 9.53 Å². The number of allylic oxidation sites excluding steroid dienone is 2. The van der Waals surface area contributed by atoms with E-state index in [1.54, 1.807) is 6.20 Å². The van der Waals surface area contributed by atoms with E-state index in [2.05, 4.69) is 22.2 Å². The number of methoxy groups -OCH3 is 1. The minimum Gasteiger partial charge on any atom is -0.466 e. The Balaban J connectivity index is 2.11. The van der Waals surface area contributed by atoms with E-state index in [0.717, 1.165) is 13.0 Å². The minimum absolute atomic E-state index is 0.318. The summed E-state index contributed by atoms with van der Waals surface area (Å²) < 4.78 is 4.47. The van der Waals surface area contributed by atoms with Crippen molar-refractivity contribution in [2.75, 3.05) is 13.7 Å². The lowest BCUT2D eigenvalue weighted by Crippen LogP contribution is -2.19. The molecule has 1 N–H and O–H groups in total. The molecule has 1 rings (SSSR count). The van der Waals surface area contributed by atoms with Gasteiger partial charge in [-0.3, -0.25) is 0 Å². The van der Waals surface area contributed by atoms with E-state index in [1.165, 1.54) is 26.0 Å². The van der Waals surface area contributed by atoms with Crippen molar-refractivity contribution < 1.29 is 9.53 Å². The second-order valence-electron chi connectivity index (χ2n) is 3.42. The van der Waals surface area contributed by atoms with E-state index in [1.807, 2.05) is 0 Å². The molecule has 0 fully saturated rings. The van der Waals surface area contributed by atoms with Crippen LogP contribution in [0.4, 0.5) is 0 Å². The minimum atomic E-state index is -0.318. The number of rotatable bonds is 4. The van der Waals surface area contributed by atoms with Crippen LogP contribution in [0.1, 0.15) is 19.3 Å². The maximum Gasteiger partial charge on any atom is 0.331 e. The van der Waals surface area contributed by atoms with Crippen LogP contribution < -0.4 is 5.32 Å². The van der Waals surface area contributed by atoms with Gasteiger partial charge in [0, 0.05) is 18.8 Å². The molecule has 3 nitrogen and oxygen atoms in total. The van der Waals surface area contributed by atoms with E-state index in [4.69, 9.17) is 0 Å². The highest BCUT2D eigenvalue weighted by Crippen LogP contribution is 2.16. The lowest BCUT2D eigenvalue weighted by molar-refractivity contribution is -0.134. The number of hydrogen-bond acceptors (Lipinski definition) is 3. The number of carbonyl (C=O) groups excluding carboxylic acids is 1. The first-order valence-corrected chi connectivity index (χ1v) is 4.96. The Morgan fingerprint density at radius 3 is 3.14 bits per heavy atom. The van der Waals surface area contributed by atoms with Crippen LogP contribution in [0, 0.1) is 5.92 Å². The van der Waals surface area contributed by atoms with Gasteiger partial charge in [-0.1, -0.05) is 12.2 Å². The van der Waals surface area contributed by atoms with Crippen molar-refractivity contribution in [3.8, 4) is 0 Å². The van der Waals surface area contributed by atoms with Crippen molar-refractivity contribution in [3.63, 3.8) is 0 Å². The number of hydrogen-bond donors (Lipinski definition) is 1. The number of ether oxygens (including phenoxy) is 1. The second kappa shape index (κ2) is 6.24. The Labute approximate surface area is 84.8 Å². The third-order valence-corrected chi connectivity index (χ3v) is 2.32. The first kappa shape index (κ1) is 10.8. The summed E-state index contributed by atoms with van der Waals surface area (Å²) in [4.78, 5) is 10.7. The Morgan fingerprint density at radius 1 is 1.64 bits per heavy atom. The first-order chi connectivity index (χ1) is 6.83. The van der Waals surface area contributed by atoms with E-state index in [0.29, 0.717) is 5.92 Å². The normalized spacial score (nSPS) is 21.1. The average molecular weight is 195 g/mol. The van der Waals surface area contributed by atoms with Crippen LogP contribution in [0.3, 0.4) is 0 Å². The highest BCUT2D eigenvalue weighted by molar-refractivity contribution is 5.81. The Bertz CT molecular complexity index is 233. The van der Waals surface area contributed by atoms with Gasteiger partial charge in [-0.15, -0.1) is 0 Å². The molecule has 1 unspecified atom stereocenters. The average Bonchev–Trinajstić information content (AvgIpc) is 2.25. The van der Waals surface area contributed by atoms with Gasteiger partial charge < -0.3 is 10.1 Å². The third-order valence-electron chi connectivity index (χ3n) is 2.32. The van der Waals surface area contributed by atoms with Gasteiger partial charge in [-0.25, -0.2) is 4.79 Å². The van der Waals surface area contributed by atoms with Crippen LogP contribution in [0.2, 0.25) is 0 Å². The monoisotopic (exact) mass is 195 g/mol. The molecule has 0 aromatic carbocycles. The molecule has 0 amide bonds. The standard InChI is InChI=1S/C11H17NO2/c1-14-11(13)7-8-12-9-10-5-3-2-4-6-10/h2-3,7-8,10,12H,4-6,9H2,1H3/b8-7+. The maximum absolute atomic E-state index is 10.7. The Hall–Kier alpha value is -1.25. The smallest absolute Gasteiger partial charge is 0.331 e. The lowest BCUT2D eigenvalue weighted by atomic mass is 9.94. The van der Waals surface area contributed by atoms with Crippen LogP contribution in [0.15, 0.2) is 24.4 Å². The van der Waals surface area contributed by atoms with Crippen molar-refractivity contribution in [3.05, 3.63) is 24.4 Å². The molecule has 0 saturated heterocycles. The topological polar surface area (TPSA) is 38.3 Å². The van der Waals surface area contributed by atoms with Gasteiger partial charge in [0.25, 0.3) is 0 Å². The van der Waals surface area contributed by atoms with E-state index in [9.17, 15) is 4.79 Å². The SMILES string of the molecule is COC(=O)/C=C/NCC1CC=CCC1. The molecule has 1 atom stereocenters. The Kier molecular flexibility index (Phi) is 4.83. The molecule has 1 aliphatic rings. The van der Waals surface area contributed by atoms with E-state index >= 15 is 0 Å². The molecule has 0 aromatic heterocycles. The molecule has 0 bridgehead atoms. The summed E-state index contributed by atoms with van der Waals surface area (Å²) in [5, 5.41) is 3.11. The summed E-state index contributed by atoms with van der Waals surface area (Å²) in [6.45, 7) is 0.928. The van der Waals surface area contributed by atoms with Crippen LogP contribution in [0.25, 0.3) is 0 Å². The molecule has 0 heterocycles. The summed E-state index contributed by atoms with van der Waals surface area (Å²) in [7, 11) is 1.37. The zero-order valence-corrected chi connectivity index (χ0v) is 8.53. The van der Waals surface area contributed by atoms with Crippen molar-refractivity contribution in [2.24, 2.45) is 5.92 Å². The largest absolute Gasteiger partial charge is 0.466 e. The van der Waals surface area contributed by atoms with Crippen molar-refractivity contribution >= 4 is 5.97 Å². The van der Waals surface area contributed by atoms with Crippen molar-refractivity contribution in [2.45, 2.75) is 19.3 Å². The van der Waals surface area contributed by atoms with E-state index < -0.39 is 0 Å². The fraction of sp³-hybridized carbons (Fsp3) is 0.545. The van der Waals surface area contributed by atoms with E-state index in [-0.39, 0.29) is 5.97 Å². The molecule has 0 aliphatic heterocycles. The summed E-state index contributed by atoms with van der Waals surface area (Å²) >= 11 is 0. The van der Waals surface area contributed by atoms with Crippen LogP contribution in [-0.4, -0.2) is 19.6 Å². The molecule has 0 radical (unpaired) electrons. The molecule has 78 valence electrons. The zero-order chi connectivity index (χ0) is 10.2. The van der Waals surface area contributed by atoms with Gasteiger partial charge in [0.15, 0.2) is 0 Å². The van der Waals surface area contributed by atoms with Gasteiger partial charge in [0.05, 0.1) is 7.11 Å². The maximum atomic E-state index is 10.7. The van der Waals surface area contributed by atoms with Gasteiger partial charge in [-0.05, 0) is 25.2 Å². The Morgan fingerprint density at radius 2 is 2.50 bits per heavy atom. The predicted molar refractivity (Wildman–Crippen MR) is 55.6 cm³/mol. The van der Waals surface area contributed by atoms with Crippen molar-refractivity contribution in [1.29, 1.82) is 0 Å². The molecule has 3 heteroatoms. The van der Waals surface area contributed by atoms with Crippen molar-refractivity contribution in [1.82, 2.24) is 5.32 Å². The van der Waals surface area contributed by atoms with Crippen LogP contribution in [0.5, 0.6) is 0 Å². The quantitative estimate of drug-likeness (QED) is 0.421. The molecule has 14 heavy (non-hydrogen) atoms. The fourth-order valence-corrected chi connectivity index (χ4v) is 1.47. The summed E-state index contributed by atoms with van der Waals surface area (Å²) in [5.41, 5.74) is 0. The van der Waals surface area contributed by atoms with Gasteiger partial charge >= 0.3 is 5.97 Å². The molecule has 0 aromatic rings. The van der Waals surface area contributed by atoms with Gasteiger partial charge in [-0.2, -0.15) is 0 Å². The molecular formula is C11H17NO2. The van der Waals surface area contributed by atoms with Gasteiger partial charge in [0.1, 0.15) is 0 Å². The second-order valence-corrected chi connectivity index (χ2v) is 3.42. The summed E-state index contributed by atoms with van der Waals surface area (Å²) in [6.07, 6.45) is 11.0.